The molecule has 0 aromatic carbocycles. The molecule has 0 saturated carbocycles. The van der Waals surface area contributed by atoms with Crippen LogP contribution in [0.1, 0.15) is 67.7 Å². The Bertz CT molecular complexity index is 448. The van der Waals surface area contributed by atoms with Crippen molar-refractivity contribution in [1.29, 1.82) is 0 Å². The number of rotatable bonds is 9. The molecule has 0 aromatic rings. The molecule has 0 spiro atoms. The van der Waals surface area contributed by atoms with Crippen LogP contribution in [0.4, 0.5) is 0 Å². The van der Waals surface area contributed by atoms with Gasteiger partial charge in [-0.15, -0.1) is 0 Å². The summed E-state index contributed by atoms with van der Waals surface area (Å²) in [6, 6.07) is 0. The lowest BCUT2D eigenvalue weighted by Gasteiger charge is -2.48. The van der Waals surface area contributed by atoms with Gasteiger partial charge in [0.25, 0.3) is 5.79 Å². The summed E-state index contributed by atoms with van der Waals surface area (Å²) in [6.45, 7) is 20.5. The van der Waals surface area contributed by atoms with Crippen LogP contribution >= 0.6 is 0 Å². The summed E-state index contributed by atoms with van der Waals surface area (Å²) in [5.74, 6) is -2.30. The van der Waals surface area contributed by atoms with Crippen LogP contribution in [-0.2, 0) is 19.1 Å². The van der Waals surface area contributed by atoms with Crippen molar-refractivity contribution in [2.24, 2.45) is 11.3 Å². The van der Waals surface area contributed by atoms with Crippen LogP contribution in [0.25, 0.3) is 0 Å². The molecule has 4 nitrogen and oxygen atoms in total. The minimum Gasteiger partial charge on any atom is -0.419 e. The van der Waals surface area contributed by atoms with E-state index in [4.69, 9.17) is 9.47 Å². The van der Waals surface area contributed by atoms with E-state index in [1.807, 2.05) is 34.6 Å². The molecule has 23 heavy (non-hydrogen) atoms. The monoisotopic (exact) mass is 324 g/mol. The molecule has 0 aliphatic rings. The van der Waals surface area contributed by atoms with E-state index in [0.29, 0.717) is 19.3 Å². The molecule has 1 unspecified atom stereocenters. The van der Waals surface area contributed by atoms with Crippen LogP contribution in [0.3, 0.4) is 0 Å². The molecule has 1 atom stereocenters. The average molecular weight is 324 g/mol. The van der Waals surface area contributed by atoms with Gasteiger partial charge in [0.05, 0.1) is 0 Å². The Morgan fingerprint density at radius 1 is 1.00 bits per heavy atom. The van der Waals surface area contributed by atoms with Gasteiger partial charge in [-0.1, -0.05) is 47.8 Å². The van der Waals surface area contributed by atoms with E-state index in [1.165, 1.54) is 0 Å². The maximum absolute atomic E-state index is 12.2. The summed E-state index contributed by atoms with van der Waals surface area (Å²) in [4.78, 5) is 24.5. The zero-order valence-corrected chi connectivity index (χ0v) is 15.7. The topological polar surface area (TPSA) is 52.6 Å². The van der Waals surface area contributed by atoms with Gasteiger partial charge in [0.15, 0.2) is 0 Å². The van der Waals surface area contributed by atoms with E-state index in [1.54, 1.807) is 13.8 Å². The fraction of sp³-hybridized carbons (Fsp3) is 0.684. The maximum Gasteiger partial charge on any atom is 0.336 e. The van der Waals surface area contributed by atoms with Crippen molar-refractivity contribution >= 4 is 11.9 Å². The van der Waals surface area contributed by atoms with Crippen molar-refractivity contribution < 1.29 is 19.1 Å². The molecule has 0 aliphatic heterocycles. The molecule has 132 valence electrons. The van der Waals surface area contributed by atoms with Crippen LogP contribution in [0.2, 0.25) is 0 Å². The molecule has 0 rings (SSSR count). The fourth-order valence-electron chi connectivity index (χ4n) is 2.56. The highest BCUT2D eigenvalue weighted by Crippen LogP contribution is 2.48. The summed E-state index contributed by atoms with van der Waals surface area (Å²) in [7, 11) is 0. The van der Waals surface area contributed by atoms with Crippen LogP contribution in [0, 0.1) is 11.3 Å². The Morgan fingerprint density at radius 2 is 1.39 bits per heavy atom. The molecule has 0 aliphatic carbocycles. The van der Waals surface area contributed by atoms with Crippen molar-refractivity contribution in [2.75, 3.05) is 0 Å². The van der Waals surface area contributed by atoms with E-state index in [-0.39, 0.29) is 17.1 Å². The van der Waals surface area contributed by atoms with Gasteiger partial charge in [-0.25, -0.2) is 9.59 Å². The van der Waals surface area contributed by atoms with Crippen LogP contribution < -0.4 is 0 Å². The maximum atomic E-state index is 12.2. The summed E-state index contributed by atoms with van der Waals surface area (Å²) in [5, 5.41) is 0. The van der Waals surface area contributed by atoms with Crippen molar-refractivity contribution in [1.82, 2.24) is 0 Å². The molecule has 0 saturated heterocycles. The van der Waals surface area contributed by atoms with Crippen molar-refractivity contribution in [3.63, 3.8) is 0 Å². The second kappa shape index (κ2) is 8.32. The number of hydrogen-bond donors (Lipinski definition) is 0. The first-order valence-electron chi connectivity index (χ1n) is 8.25. The third kappa shape index (κ3) is 4.69. The predicted octanol–water partition coefficient (Wildman–Crippen LogP) is 4.79. The lowest BCUT2D eigenvalue weighted by molar-refractivity contribution is -0.279. The second-order valence-corrected chi connectivity index (χ2v) is 6.77. The van der Waals surface area contributed by atoms with E-state index in [9.17, 15) is 9.59 Å². The first-order valence-corrected chi connectivity index (χ1v) is 8.25. The number of carbonyl (C=O) groups is 2. The second-order valence-electron chi connectivity index (χ2n) is 6.77. The third-order valence-electron chi connectivity index (χ3n) is 4.67. The molecule has 0 radical (unpaired) electrons. The Balaban J connectivity index is 6.14. The number of ether oxygens (including phenoxy) is 2. The van der Waals surface area contributed by atoms with E-state index < -0.39 is 23.1 Å². The van der Waals surface area contributed by atoms with E-state index in [0.717, 1.165) is 0 Å². The summed E-state index contributed by atoms with van der Waals surface area (Å²) >= 11 is 0. The van der Waals surface area contributed by atoms with Gasteiger partial charge in [-0.05, 0) is 32.6 Å². The standard InChI is InChI=1S/C19H32O4/c1-10-12-19(22-16(20)13(3)4,23-17(21)14(5)6)18(9,11-2)15(7)8/h15H,3,5,10-12H2,1-2,4,6-9H3. The SMILES string of the molecule is C=C(C)C(=O)OC(CCC)(OC(=O)C(=C)C)C(C)(CC)C(C)C. The summed E-state index contributed by atoms with van der Waals surface area (Å²) in [6.07, 6.45) is 1.82. The van der Waals surface area contributed by atoms with E-state index >= 15 is 0 Å². The number of hydrogen-bond acceptors (Lipinski definition) is 4. The molecule has 0 heterocycles. The van der Waals surface area contributed by atoms with Crippen LogP contribution in [-0.4, -0.2) is 17.7 Å². The van der Waals surface area contributed by atoms with E-state index in [2.05, 4.69) is 13.2 Å². The van der Waals surface area contributed by atoms with Gasteiger partial charge in [0.1, 0.15) is 0 Å². The fourth-order valence-corrected chi connectivity index (χ4v) is 2.56. The predicted molar refractivity (Wildman–Crippen MR) is 92.7 cm³/mol. The van der Waals surface area contributed by atoms with Gasteiger partial charge in [0.2, 0.25) is 0 Å². The van der Waals surface area contributed by atoms with Gasteiger partial charge in [-0.3, -0.25) is 0 Å². The molecule has 0 aromatic heterocycles. The van der Waals surface area contributed by atoms with Gasteiger partial charge < -0.3 is 9.47 Å². The highest BCUT2D eigenvalue weighted by Gasteiger charge is 2.55. The smallest absolute Gasteiger partial charge is 0.336 e. The Kier molecular flexibility index (Phi) is 7.75. The zero-order valence-electron chi connectivity index (χ0n) is 15.7. The van der Waals surface area contributed by atoms with Crippen LogP contribution in [0.15, 0.2) is 24.3 Å². The lowest BCUT2D eigenvalue weighted by atomic mass is 9.68. The minimum atomic E-state index is -1.34. The lowest BCUT2D eigenvalue weighted by Crippen LogP contribution is -2.55. The number of carbonyl (C=O) groups excluding carboxylic acids is 2. The highest BCUT2D eigenvalue weighted by atomic mass is 16.7. The van der Waals surface area contributed by atoms with Crippen molar-refractivity contribution in [3.05, 3.63) is 24.3 Å². The van der Waals surface area contributed by atoms with Crippen molar-refractivity contribution in [2.45, 2.75) is 73.5 Å². The third-order valence-corrected chi connectivity index (χ3v) is 4.67. The highest BCUT2D eigenvalue weighted by molar-refractivity contribution is 5.89. The molecule has 0 bridgehead atoms. The molecule has 0 fully saturated rings. The summed E-state index contributed by atoms with van der Waals surface area (Å²) in [5.41, 5.74) is 0.0253. The molecule has 0 N–H and O–H groups in total. The van der Waals surface area contributed by atoms with Crippen LogP contribution in [0.5, 0.6) is 0 Å². The van der Waals surface area contributed by atoms with Crippen molar-refractivity contribution in [3.8, 4) is 0 Å². The van der Waals surface area contributed by atoms with Gasteiger partial charge in [-0.2, -0.15) is 0 Å². The normalized spacial score (nSPS) is 14.1. The first-order chi connectivity index (χ1) is 10.5. The van der Waals surface area contributed by atoms with Gasteiger partial charge >= 0.3 is 11.9 Å². The quantitative estimate of drug-likeness (QED) is 0.347. The minimum absolute atomic E-state index is 0.134. The molecular weight excluding hydrogens is 292 g/mol. The molecule has 0 amide bonds. The zero-order chi connectivity index (χ0) is 18.4. The summed E-state index contributed by atoms with van der Waals surface area (Å²) < 4.78 is 11.5. The molecule has 4 heteroatoms. The number of esters is 2. The largest absolute Gasteiger partial charge is 0.419 e. The first kappa shape index (κ1) is 21.4. The Morgan fingerprint density at radius 3 is 1.61 bits per heavy atom. The Labute approximate surface area is 140 Å². The molecular formula is C19H32O4. The Hall–Kier alpha value is -1.58. The van der Waals surface area contributed by atoms with Gasteiger partial charge in [0, 0.05) is 23.0 Å². The average Bonchev–Trinajstić information content (AvgIpc) is 2.45.